The van der Waals surface area contributed by atoms with Crippen LogP contribution in [0.5, 0.6) is 0 Å². The third-order valence-electron chi connectivity index (χ3n) is 6.91. The number of benzene rings is 1. The molecule has 0 aliphatic carbocycles. The summed E-state index contributed by atoms with van der Waals surface area (Å²) in [7, 11) is 0. The number of pyridine rings is 1. The predicted octanol–water partition coefficient (Wildman–Crippen LogP) is 3.52. The van der Waals surface area contributed by atoms with Crippen molar-refractivity contribution >= 4 is 23.4 Å². The molecule has 0 radical (unpaired) electrons. The lowest BCUT2D eigenvalue weighted by atomic mass is 9.79. The number of hydrogen-bond donors (Lipinski definition) is 3. The van der Waals surface area contributed by atoms with Crippen LogP contribution in [0.3, 0.4) is 0 Å². The third kappa shape index (κ3) is 6.45. The highest BCUT2D eigenvalue weighted by Gasteiger charge is 2.52. The van der Waals surface area contributed by atoms with Gasteiger partial charge in [0.25, 0.3) is 5.91 Å². The Morgan fingerprint density at radius 2 is 1.78 bits per heavy atom. The first-order valence-electron chi connectivity index (χ1n) is 12.3. The molecule has 0 saturated carbocycles. The second-order valence-electron chi connectivity index (χ2n) is 9.57. The highest BCUT2D eigenvalue weighted by Crippen LogP contribution is 2.40. The van der Waals surface area contributed by atoms with Crippen molar-refractivity contribution in [1.82, 2.24) is 10.3 Å². The van der Waals surface area contributed by atoms with Gasteiger partial charge in [0, 0.05) is 19.3 Å². The van der Waals surface area contributed by atoms with Gasteiger partial charge in [0.2, 0.25) is 0 Å². The lowest BCUT2D eigenvalue weighted by Crippen LogP contribution is -2.54. The molecule has 1 aromatic carbocycles. The number of nitrogens with two attached hydrogens (primary N) is 1. The number of amides is 1. The quantitative estimate of drug-likeness (QED) is 0.268. The zero-order valence-electron chi connectivity index (χ0n) is 21.2. The zero-order chi connectivity index (χ0) is 30.1. The monoisotopic (exact) mass is 584 g/mol. The number of aliphatic hydroxyl groups is 1. The van der Waals surface area contributed by atoms with Gasteiger partial charge in [-0.05, 0) is 36.0 Å². The van der Waals surface area contributed by atoms with Crippen LogP contribution in [-0.4, -0.2) is 53.0 Å². The Kier molecular flexibility index (Phi) is 8.29. The Hall–Kier alpha value is -4.14. The molecule has 1 fully saturated rings. The van der Waals surface area contributed by atoms with E-state index >= 15 is 0 Å². The molecule has 220 valence electrons. The van der Waals surface area contributed by atoms with Crippen LogP contribution in [0.4, 0.5) is 32.2 Å². The van der Waals surface area contributed by atoms with E-state index < -0.39 is 70.4 Å². The van der Waals surface area contributed by atoms with Gasteiger partial charge in [0.1, 0.15) is 30.3 Å². The van der Waals surface area contributed by atoms with Crippen LogP contribution < -0.4 is 16.0 Å². The number of rotatable bonds is 6. The highest BCUT2D eigenvalue weighted by atomic mass is 19.4. The average molecular weight is 584 g/mol. The summed E-state index contributed by atoms with van der Waals surface area (Å²) in [5, 5.41) is 22.5. The largest absolute Gasteiger partial charge is 0.807 e. The number of alkyl halides is 6. The fourth-order valence-electron chi connectivity index (χ4n) is 4.81. The van der Waals surface area contributed by atoms with E-state index in [2.05, 4.69) is 4.98 Å². The standard InChI is InChI=1S/C26H24F6N5O4/c27-25(28,29)16-11-35-17(10-15(16)24(40)41-12-13-4-2-1-3-5-13)37-8-6-14(7-9-37)20(33)18-19(26(30,31)32)21(38)23(39)36-22(18)34/h1-5,10-11,14,19,21,38H,6-9,12,34H2,(H,36,39)/q-1/t19-,21-/m1/s1. The number of aromatic nitrogens is 1. The summed E-state index contributed by atoms with van der Waals surface area (Å²) < 4.78 is 87.0. The number of halogens is 6. The average Bonchev–Trinajstić information content (AvgIpc) is 2.92. The number of anilines is 1. The first-order chi connectivity index (χ1) is 19.2. The maximum Gasteiger partial charge on any atom is 0.418 e. The summed E-state index contributed by atoms with van der Waals surface area (Å²) >= 11 is 0. The Morgan fingerprint density at radius 1 is 1.15 bits per heavy atom. The van der Waals surface area contributed by atoms with Crippen LogP contribution in [0.2, 0.25) is 0 Å². The number of carbonyl (C=O) groups excluding carboxylic acids is 2. The van der Waals surface area contributed by atoms with E-state index in [1.54, 1.807) is 30.3 Å². The van der Waals surface area contributed by atoms with Gasteiger partial charge in [0.15, 0.2) is 0 Å². The van der Waals surface area contributed by atoms with E-state index in [-0.39, 0.29) is 38.4 Å². The van der Waals surface area contributed by atoms with Crippen LogP contribution in [0, 0.1) is 11.8 Å². The minimum Gasteiger partial charge on any atom is -0.807 e. The molecule has 41 heavy (non-hydrogen) atoms. The maximum absolute atomic E-state index is 13.7. The molecule has 1 amide bonds. The Labute approximate surface area is 229 Å². The number of aliphatic hydroxyl groups excluding tert-OH is 1. The van der Waals surface area contributed by atoms with Crippen LogP contribution in [0.15, 0.2) is 54.0 Å². The minimum atomic E-state index is -5.10. The fraction of sp³-hybridized carbons (Fsp3) is 0.385. The van der Waals surface area contributed by atoms with Gasteiger partial charge in [-0.2, -0.15) is 32.1 Å². The number of esters is 1. The molecule has 2 atom stereocenters. The molecule has 2 aliphatic rings. The van der Waals surface area contributed by atoms with Gasteiger partial charge in [-0.3, -0.25) is 4.79 Å². The molecule has 2 aliphatic heterocycles. The van der Waals surface area contributed by atoms with Crippen molar-refractivity contribution in [3.05, 3.63) is 76.1 Å². The van der Waals surface area contributed by atoms with E-state index in [1.165, 1.54) is 4.90 Å². The lowest BCUT2D eigenvalue weighted by molar-refractivity contribution is -0.192. The van der Waals surface area contributed by atoms with Crippen molar-refractivity contribution in [2.24, 2.45) is 17.6 Å². The van der Waals surface area contributed by atoms with Crippen molar-refractivity contribution in [2.45, 2.75) is 37.9 Å². The number of carbonyl (C=O) groups is 2. The molecule has 1 aromatic heterocycles. The number of nitrogens with zero attached hydrogens (tertiary/aromatic N) is 3. The molecule has 0 spiro atoms. The van der Waals surface area contributed by atoms with Gasteiger partial charge >= 0.3 is 18.3 Å². The smallest absolute Gasteiger partial charge is 0.418 e. The fourth-order valence-corrected chi connectivity index (χ4v) is 4.81. The van der Waals surface area contributed by atoms with Crippen LogP contribution in [-0.2, 0) is 22.3 Å². The Bertz CT molecular complexity index is 1350. The summed E-state index contributed by atoms with van der Waals surface area (Å²) in [4.78, 5) is 29.7. The van der Waals surface area contributed by atoms with Crippen molar-refractivity contribution in [3.63, 3.8) is 0 Å². The van der Waals surface area contributed by atoms with Crippen LogP contribution in [0.1, 0.15) is 34.3 Å². The van der Waals surface area contributed by atoms with E-state index in [0.29, 0.717) is 11.8 Å². The second-order valence-corrected chi connectivity index (χ2v) is 9.57. The topological polar surface area (TPSA) is 140 Å². The van der Waals surface area contributed by atoms with Crippen molar-refractivity contribution < 1.29 is 45.8 Å². The van der Waals surface area contributed by atoms with Gasteiger partial charge in [0.05, 0.1) is 11.1 Å². The second kappa shape index (κ2) is 11.4. The molecule has 4 rings (SSSR count). The number of piperidine rings is 1. The Balaban J connectivity index is 1.51. The molecule has 4 N–H and O–H groups in total. The van der Waals surface area contributed by atoms with E-state index in [0.717, 1.165) is 6.07 Å². The first-order valence-corrected chi connectivity index (χ1v) is 12.3. The van der Waals surface area contributed by atoms with E-state index in [4.69, 9.17) is 10.5 Å². The summed E-state index contributed by atoms with van der Waals surface area (Å²) in [5.41, 5.74) is 2.53. The van der Waals surface area contributed by atoms with Gasteiger partial charge in [-0.15, -0.1) is 0 Å². The predicted molar refractivity (Wildman–Crippen MR) is 133 cm³/mol. The summed E-state index contributed by atoms with van der Waals surface area (Å²) in [6.07, 6.45) is -12.0. The van der Waals surface area contributed by atoms with E-state index in [1.807, 2.05) is 5.32 Å². The Morgan fingerprint density at radius 3 is 2.37 bits per heavy atom. The van der Waals surface area contributed by atoms with Crippen LogP contribution >= 0.6 is 0 Å². The minimum absolute atomic E-state index is 0.00477. The van der Waals surface area contributed by atoms with Crippen LogP contribution in [0.25, 0.3) is 5.41 Å². The zero-order valence-corrected chi connectivity index (χ0v) is 21.2. The summed E-state index contributed by atoms with van der Waals surface area (Å²) in [6, 6.07) is 9.28. The molecular weight excluding hydrogens is 560 g/mol. The number of ether oxygens (including phenoxy) is 1. The summed E-state index contributed by atoms with van der Waals surface area (Å²) in [5.74, 6) is -6.93. The number of nitrogens with one attached hydrogen (secondary N) is 1. The van der Waals surface area contributed by atoms with Crippen molar-refractivity contribution in [1.29, 1.82) is 0 Å². The molecule has 15 heteroatoms. The molecule has 0 bridgehead atoms. The first kappa shape index (κ1) is 29.8. The molecule has 3 heterocycles. The molecule has 1 saturated heterocycles. The van der Waals surface area contributed by atoms with Crippen molar-refractivity contribution in [2.75, 3.05) is 18.0 Å². The molecule has 0 unspecified atom stereocenters. The lowest BCUT2D eigenvalue weighted by Gasteiger charge is -2.41. The highest BCUT2D eigenvalue weighted by molar-refractivity contribution is 6.07. The third-order valence-corrected chi connectivity index (χ3v) is 6.91. The molecule has 9 nitrogen and oxygen atoms in total. The normalized spacial score (nSPS) is 20.6. The summed E-state index contributed by atoms with van der Waals surface area (Å²) in [6.45, 7) is -0.197. The molecule has 2 aromatic rings. The van der Waals surface area contributed by atoms with E-state index in [9.17, 15) is 46.4 Å². The van der Waals surface area contributed by atoms with Gasteiger partial charge in [-0.1, -0.05) is 30.3 Å². The maximum atomic E-state index is 13.7. The van der Waals surface area contributed by atoms with Crippen molar-refractivity contribution in [3.8, 4) is 0 Å². The SMILES string of the molecule is [N-]=C(C1=C(N)NC(=O)[C@H](O)[C@@H]1C(F)(F)F)C1CCN(c2cc(C(=O)OCc3ccccc3)c(C(F)(F)F)cn2)CC1. The van der Waals surface area contributed by atoms with Gasteiger partial charge < -0.3 is 31.2 Å². The van der Waals surface area contributed by atoms with Gasteiger partial charge in [-0.25, -0.2) is 9.78 Å². The molecular formula is C26H24F6N5O4-. The number of hydrogen-bond acceptors (Lipinski definition) is 7.